The van der Waals surface area contributed by atoms with Gasteiger partial charge in [-0.05, 0) is 30.7 Å². The number of aromatic amines is 1. The average molecular weight is 374 g/mol. The lowest BCUT2D eigenvalue weighted by molar-refractivity contribution is 0.879. The van der Waals surface area contributed by atoms with E-state index in [1.54, 1.807) is 0 Å². The zero-order chi connectivity index (χ0) is 19.4. The molecule has 0 saturated heterocycles. The summed E-state index contributed by atoms with van der Waals surface area (Å²) in [4.78, 5) is 9.88. The molecular weight excluding hydrogens is 356 g/mol. The maximum absolute atomic E-state index is 5.02. The SMILES string of the molecule is Cc1[nH]n(-c2ccccc2)c2nc3nc4ccccc4c3c(-c3ccccc3)c12. The number of aryl methyl sites for hydroxylation is 1. The number of nitrogens with zero attached hydrogens (tertiary/aromatic N) is 3. The molecule has 0 aliphatic carbocycles. The highest BCUT2D eigenvalue weighted by atomic mass is 15.3. The van der Waals surface area contributed by atoms with Crippen molar-refractivity contribution in [2.24, 2.45) is 0 Å². The second-order valence-corrected chi connectivity index (χ2v) is 7.29. The summed E-state index contributed by atoms with van der Waals surface area (Å²) in [6.07, 6.45) is 0. The minimum Gasteiger partial charge on any atom is -0.296 e. The lowest BCUT2D eigenvalue weighted by Gasteiger charge is -2.08. The molecule has 29 heavy (non-hydrogen) atoms. The first-order valence-corrected chi connectivity index (χ1v) is 9.71. The van der Waals surface area contributed by atoms with Crippen molar-refractivity contribution in [1.29, 1.82) is 0 Å². The Labute approximate surface area is 167 Å². The fourth-order valence-electron chi connectivity index (χ4n) is 4.24. The Hall–Kier alpha value is -3.92. The molecule has 0 atom stereocenters. The van der Waals surface area contributed by atoms with Crippen molar-refractivity contribution in [3.63, 3.8) is 0 Å². The molecule has 0 aliphatic rings. The third-order valence-electron chi connectivity index (χ3n) is 5.50. The van der Waals surface area contributed by atoms with E-state index >= 15 is 0 Å². The van der Waals surface area contributed by atoms with Gasteiger partial charge in [0.2, 0.25) is 0 Å². The zero-order valence-corrected chi connectivity index (χ0v) is 15.9. The number of nitrogens with one attached hydrogen (secondary N) is 1. The summed E-state index contributed by atoms with van der Waals surface area (Å²) in [5.74, 6) is 0. The third-order valence-corrected chi connectivity index (χ3v) is 5.50. The molecule has 0 spiro atoms. The third kappa shape index (κ3) is 2.32. The van der Waals surface area contributed by atoms with Crippen molar-refractivity contribution in [3.8, 4) is 16.8 Å². The first kappa shape index (κ1) is 16.1. The lowest BCUT2D eigenvalue weighted by Crippen LogP contribution is -1.98. The fraction of sp³-hybridized carbons (Fsp3) is 0.0400. The standard InChI is InChI=1S/C25H18N4/c1-16-21-22(17-10-4-2-5-11-17)23-19-14-8-9-15-20(19)26-24(23)27-25(21)29(28-16)18-12-6-3-7-13-18/h2-15,28H,1H3. The first-order valence-electron chi connectivity index (χ1n) is 9.71. The van der Waals surface area contributed by atoms with Gasteiger partial charge in [0, 0.05) is 27.4 Å². The van der Waals surface area contributed by atoms with Crippen molar-refractivity contribution in [3.05, 3.63) is 90.6 Å². The van der Waals surface area contributed by atoms with Crippen LogP contribution >= 0.6 is 0 Å². The quantitative estimate of drug-likeness (QED) is 0.402. The van der Waals surface area contributed by atoms with Gasteiger partial charge in [0.25, 0.3) is 0 Å². The van der Waals surface area contributed by atoms with Crippen molar-refractivity contribution in [1.82, 2.24) is 19.7 Å². The average Bonchev–Trinajstić information content (AvgIpc) is 3.31. The van der Waals surface area contributed by atoms with Gasteiger partial charge in [-0.3, -0.25) is 5.10 Å². The van der Waals surface area contributed by atoms with Crippen LogP contribution in [0, 0.1) is 6.92 Å². The number of aromatic nitrogens is 4. The molecule has 0 radical (unpaired) electrons. The van der Waals surface area contributed by atoms with Gasteiger partial charge in [0.1, 0.15) is 0 Å². The van der Waals surface area contributed by atoms with Crippen molar-refractivity contribution >= 4 is 33.0 Å². The van der Waals surface area contributed by atoms with Crippen LogP contribution in [0.5, 0.6) is 0 Å². The summed E-state index contributed by atoms with van der Waals surface area (Å²) < 4.78 is 2.05. The summed E-state index contributed by atoms with van der Waals surface area (Å²) in [5.41, 5.74) is 7.14. The van der Waals surface area contributed by atoms with Crippen LogP contribution in [0.25, 0.3) is 49.8 Å². The van der Waals surface area contributed by atoms with Gasteiger partial charge in [0.05, 0.1) is 11.2 Å². The van der Waals surface area contributed by atoms with Gasteiger partial charge in [-0.25, -0.2) is 14.6 Å². The second kappa shape index (κ2) is 6.04. The normalized spacial score (nSPS) is 11.6. The number of hydrogen-bond acceptors (Lipinski definition) is 2. The van der Waals surface area contributed by atoms with E-state index in [0.29, 0.717) is 0 Å². The minimum atomic E-state index is 0.779. The van der Waals surface area contributed by atoms with Crippen LogP contribution in [-0.4, -0.2) is 19.7 Å². The van der Waals surface area contributed by atoms with Gasteiger partial charge < -0.3 is 0 Å². The van der Waals surface area contributed by atoms with Gasteiger partial charge >= 0.3 is 0 Å². The Kier molecular flexibility index (Phi) is 3.35. The van der Waals surface area contributed by atoms with E-state index in [1.165, 1.54) is 11.1 Å². The number of rotatable bonds is 2. The second-order valence-electron chi connectivity index (χ2n) is 7.29. The number of hydrogen-bond donors (Lipinski definition) is 1. The summed E-state index contributed by atoms with van der Waals surface area (Å²) in [6, 6.07) is 29.1. The van der Waals surface area contributed by atoms with Crippen LogP contribution in [0.3, 0.4) is 0 Å². The number of fused-ring (bicyclic) bond motifs is 4. The molecule has 4 nitrogen and oxygen atoms in total. The van der Waals surface area contributed by atoms with E-state index < -0.39 is 0 Å². The van der Waals surface area contributed by atoms with Crippen LogP contribution in [0.1, 0.15) is 5.69 Å². The van der Waals surface area contributed by atoms with Crippen LogP contribution in [-0.2, 0) is 0 Å². The Balaban J connectivity index is 1.85. The fourth-order valence-corrected chi connectivity index (χ4v) is 4.24. The monoisotopic (exact) mass is 374 g/mol. The van der Waals surface area contributed by atoms with E-state index in [1.807, 2.05) is 24.3 Å². The van der Waals surface area contributed by atoms with E-state index in [2.05, 4.69) is 77.4 Å². The van der Waals surface area contributed by atoms with Gasteiger partial charge in [0.15, 0.2) is 11.3 Å². The highest BCUT2D eigenvalue weighted by molar-refractivity contribution is 6.19. The summed E-state index contributed by atoms with van der Waals surface area (Å²) in [7, 11) is 0. The van der Waals surface area contributed by atoms with E-state index in [9.17, 15) is 0 Å². The Morgan fingerprint density at radius 1 is 0.724 bits per heavy atom. The van der Waals surface area contributed by atoms with Crippen LogP contribution < -0.4 is 0 Å². The molecule has 1 N–H and O–H groups in total. The van der Waals surface area contributed by atoms with E-state index in [-0.39, 0.29) is 0 Å². The van der Waals surface area contributed by atoms with E-state index in [0.717, 1.165) is 44.4 Å². The summed E-state index contributed by atoms with van der Waals surface area (Å²) in [6.45, 7) is 2.11. The number of para-hydroxylation sites is 2. The smallest absolute Gasteiger partial charge is 0.164 e. The summed E-state index contributed by atoms with van der Waals surface area (Å²) in [5, 5.41) is 6.90. The largest absolute Gasteiger partial charge is 0.296 e. The molecule has 0 bridgehead atoms. The molecule has 0 saturated carbocycles. The molecule has 0 aliphatic heterocycles. The molecule has 0 fully saturated rings. The highest BCUT2D eigenvalue weighted by Gasteiger charge is 2.21. The van der Waals surface area contributed by atoms with Crippen LogP contribution in [0.15, 0.2) is 84.9 Å². The maximum atomic E-state index is 5.02. The Bertz CT molecular complexity index is 1490. The first-order chi connectivity index (χ1) is 14.3. The Morgan fingerprint density at radius 3 is 2.21 bits per heavy atom. The molecule has 3 aromatic heterocycles. The number of H-pyrrole nitrogens is 1. The molecule has 4 heteroatoms. The van der Waals surface area contributed by atoms with Gasteiger partial charge in [-0.1, -0.05) is 66.7 Å². The molecule has 3 aromatic carbocycles. The van der Waals surface area contributed by atoms with Crippen LogP contribution in [0.2, 0.25) is 0 Å². The molecule has 6 rings (SSSR count). The molecule has 3 heterocycles. The van der Waals surface area contributed by atoms with Crippen molar-refractivity contribution < 1.29 is 0 Å². The Morgan fingerprint density at radius 2 is 1.41 bits per heavy atom. The highest BCUT2D eigenvalue weighted by Crippen LogP contribution is 2.40. The lowest BCUT2D eigenvalue weighted by atomic mass is 9.97. The van der Waals surface area contributed by atoms with Crippen molar-refractivity contribution in [2.75, 3.05) is 0 Å². The topological polar surface area (TPSA) is 46.5 Å². The number of pyridine rings is 1. The van der Waals surface area contributed by atoms with Gasteiger partial charge in [-0.2, -0.15) is 0 Å². The zero-order valence-electron chi connectivity index (χ0n) is 15.9. The van der Waals surface area contributed by atoms with Crippen molar-refractivity contribution in [2.45, 2.75) is 6.92 Å². The molecular formula is C25H18N4. The summed E-state index contributed by atoms with van der Waals surface area (Å²) >= 11 is 0. The maximum Gasteiger partial charge on any atom is 0.164 e. The molecule has 0 amide bonds. The molecule has 6 aromatic rings. The number of benzene rings is 3. The molecule has 138 valence electrons. The van der Waals surface area contributed by atoms with Crippen LogP contribution in [0.4, 0.5) is 0 Å². The van der Waals surface area contributed by atoms with Gasteiger partial charge in [-0.15, -0.1) is 0 Å². The van der Waals surface area contributed by atoms with E-state index in [4.69, 9.17) is 9.97 Å². The predicted octanol–water partition coefficient (Wildman–Crippen LogP) is 6.03. The molecule has 0 unspecified atom stereocenters. The minimum absolute atomic E-state index is 0.779. The predicted molar refractivity (Wildman–Crippen MR) is 118 cm³/mol.